The van der Waals surface area contributed by atoms with E-state index >= 15 is 0 Å². The van der Waals surface area contributed by atoms with Crippen molar-refractivity contribution in [3.8, 4) is 0 Å². The molecule has 2 aromatic heterocycles. The van der Waals surface area contributed by atoms with Crippen molar-refractivity contribution in [1.29, 1.82) is 0 Å². The van der Waals surface area contributed by atoms with E-state index in [9.17, 15) is 0 Å². The van der Waals surface area contributed by atoms with Crippen LogP contribution in [0.1, 0.15) is 44.6 Å². The molecule has 8 heteroatoms. The van der Waals surface area contributed by atoms with Gasteiger partial charge in [0, 0.05) is 16.5 Å². The van der Waals surface area contributed by atoms with Crippen LogP contribution in [0.25, 0.3) is 10.2 Å². The number of nitrogens with zero attached hydrogens (tertiary/aromatic N) is 2. The highest BCUT2D eigenvalue weighted by atomic mass is 32.2. The van der Waals surface area contributed by atoms with Gasteiger partial charge in [0.15, 0.2) is 5.16 Å². The standard InChI is InChI=1S/C21H32N4O2S2/c1-5-21(4)12-15-16(13-27-21)29-19-17(15)18(23-20(24-19)28-14(2)3)22-6-7-25-8-10-26-11-9-25/h14H,5-13H2,1-4H3,(H,22,23,24)/p+1/t21-/m0/s1. The van der Waals surface area contributed by atoms with Crippen molar-refractivity contribution in [2.75, 3.05) is 44.7 Å². The van der Waals surface area contributed by atoms with E-state index in [1.165, 1.54) is 15.8 Å². The zero-order chi connectivity index (χ0) is 20.4. The Kier molecular flexibility index (Phi) is 6.65. The molecule has 0 amide bonds. The zero-order valence-electron chi connectivity index (χ0n) is 18.0. The van der Waals surface area contributed by atoms with Crippen LogP contribution in [0.5, 0.6) is 0 Å². The Labute approximate surface area is 181 Å². The van der Waals surface area contributed by atoms with Crippen molar-refractivity contribution in [2.45, 2.75) is 63.2 Å². The van der Waals surface area contributed by atoms with Crippen LogP contribution in [0.2, 0.25) is 0 Å². The number of fused-ring (bicyclic) bond motifs is 3. The molecule has 0 bridgehead atoms. The second-order valence-electron chi connectivity index (χ2n) is 8.51. The molecule has 0 radical (unpaired) electrons. The maximum atomic E-state index is 6.19. The zero-order valence-corrected chi connectivity index (χ0v) is 19.6. The molecule has 2 N–H and O–H groups in total. The third kappa shape index (κ3) is 4.88. The second-order valence-corrected chi connectivity index (χ2v) is 11.1. The minimum absolute atomic E-state index is 0.0957. The molecule has 1 saturated heterocycles. The number of quaternary nitrogens is 1. The molecule has 160 valence electrons. The lowest BCUT2D eigenvalue weighted by Crippen LogP contribution is -3.14. The topological polar surface area (TPSA) is 60.7 Å². The maximum Gasteiger partial charge on any atom is 0.191 e. The fourth-order valence-electron chi connectivity index (χ4n) is 3.94. The Morgan fingerprint density at radius 2 is 2.07 bits per heavy atom. The highest BCUT2D eigenvalue weighted by Gasteiger charge is 2.33. The van der Waals surface area contributed by atoms with Gasteiger partial charge in [-0.15, -0.1) is 11.3 Å². The lowest BCUT2D eigenvalue weighted by molar-refractivity contribution is -0.906. The Hall–Kier alpha value is -0.930. The van der Waals surface area contributed by atoms with Crippen molar-refractivity contribution in [3.05, 3.63) is 10.4 Å². The summed E-state index contributed by atoms with van der Waals surface area (Å²) in [5, 5.41) is 6.22. The molecule has 2 aliphatic rings. The molecule has 6 nitrogen and oxygen atoms in total. The first-order valence-electron chi connectivity index (χ1n) is 10.8. The molecule has 0 saturated carbocycles. The molecule has 4 rings (SSSR count). The van der Waals surface area contributed by atoms with Gasteiger partial charge in [0.2, 0.25) is 0 Å². The Morgan fingerprint density at radius 1 is 1.28 bits per heavy atom. The van der Waals surface area contributed by atoms with Gasteiger partial charge in [-0.1, -0.05) is 32.5 Å². The number of thioether (sulfide) groups is 1. The Bertz CT molecular complexity index is 851. The molecule has 0 spiro atoms. The number of hydrogen-bond donors (Lipinski definition) is 2. The van der Waals surface area contributed by atoms with Gasteiger partial charge in [0.05, 0.1) is 43.9 Å². The van der Waals surface area contributed by atoms with Crippen LogP contribution in [-0.4, -0.2) is 60.2 Å². The molecule has 29 heavy (non-hydrogen) atoms. The first kappa shape index (κ1) is 21.3. The first-order chi connectivity index (χ1) is 14.0. The summed E-state index contributed by atoms with van der Waals surface area (Å²) in [7, 11) is 0. The van der Waals surface area contributed by atoms with Crippen LogP contribution < -0.4 is 10.2 Å². The molecular weight excluding hydrogens is 404 g/mol. The Balaban J connectivity index is 1.63. The molecule has 2 aliphatic heterocycles. The van der Waals surface area contributed by atoms with Crippen LogP contribution >= 0.6 is 23.1 Å². The molecule has 1 fully saturated rings. The lowest BCUT2D eigenvalue weighted by atomic mass is 9.90. The average molecular weight is 438 g/mol. The normalized spacial score (nSPS) is 22.9. The number of nitrogens with one attached hydrogen (secondary N) is 2. The summed E-state index contributed by atoms with van der Waals surface area (Å²) in [4.78, 5) is 13.9. The van der Waals surface area contributed by atoms with E-state index in [2.05, 4.69) is 33.0 Å². The van der Waals surface area contributed by atoms with Gasteiger partial charge in [0.1, 0.15) is 23.7 Å². The summed E-state index contributed by atoms with van der Waals surface area (Å²) in [6.07, 6.45) is 1.94. The number of hydrogen-bond acceptors (Lipinski definition) is 7. The van der Waals surface area contributed by atoms with Crippen molar-refractivity contribution in [1.82, 2.24) is 9.97 Å². The van der Waals surface area contributed by atoms with Crippen molar-refractivity contribution >= 4 is 39.1 Å². The molecule has 4 heterocycles. The molecule has 0 aromatic carbocycles. The summed E-state index contributed by atoms with van der Waals surface area (Å²) in [5.41, 5.74) is 1.30. The largest absolute Gasteiger partial charge is 0.370 e. The van der Waals surface area contributed by atoms with Crippen LogP contribution in [0.15, 0.2) is 5.16 Å². The van der Waals surface area contributed by atoms with Gasteiger partial charge < -0.3 is 19.7 Å². The fourth-order valence-corrected chi connectivity index (χ4v) is 5.81. The quantitative estimate of drug-likeness (QED) is 0.513. The van der Waals surface area contributed by atoms with Gasteiger partial charge in [0.25, 0.3) is 0 Å². The van der Waals surface area contributed by atoms with E-state index in [0.29, 0.717) is 11.9 Å². The van der Waals surface area contributed by atoms with Crippen molar-refractivity contribution < 1.29 is 14.4 Å². The first-order valence-corrected chi connectivity index (χ1v) is 12.4. The number of anilines is 1. The maximum absolute atomic E-state index is 6.19. The molecular formula is C21H33N4O2S2+. The number of rotatable bonds is 7. The summed E-state index contributed by atoms with van der Waals surface area (Å²) < 4.78 is 11.7. The predicted molar refractivity (Wildman–Crippen MR) is 120 cm³/mol. The van der Waals surface area contributed by atoms with Gasteiger partial charge in [-0.25, -0.2) is 9.97 Å². The summed E-state index contributed by atoms with van der Waals surface area (Å²) >= 11 is 3.51. The lowest BCUT2D eigenvalue weighted by Gasteiger charge is -2.33. The van der Waals surface area contributed by atoms with E-state index in [1.807, 2.05) is 0 Å². The monoisotopic (exact) mass is 437 g/mol. The molecule has 0 aliphatic carbocycles. The average Bonchev–Trinajstić information content (AvgIpc) is 3.05. The predicted octanol–water partition coefficient (Wildman–Crippen LogP) is 2.76. The van der Waals surface area contributed by atoms with E-state index in [1.54, 1.807) is 28.0 Å². The van der Waals surface area contributed by atoms with Crippen LogP contribution in [0, 0.1) is 0 Å². The van der Waals surface area contributed by atoms with Crippen LogP contribution in [0.4, 0.5) is 5.82 Å². The van der Waals surface area contributed by atoms with Gasteiger partial charge in [-0.3, -0.25) is 0 Å². The summed E-state index contributed by atoms with van der Waals surface area (Å²) in [6, 6.07) is 0. The van der Waals surface area contributed by atoms with E-state index in [0.717, 1.165) is 68.0 Å². The third-order valence-electron chi connectivity index (χ3n) is 5.88. The fraction of sp³-hybridized carbons (Fsp3) is 0.714. The SMILES string of the molecule is CC[C@@]1(C)Cc2c(sc3nc(SC(C)C)nc(NCC[NH+]4CCOCC4)c23)CO1. The highest BCUT2D eigenvalue weighted by Crippen LogP contribution is 2.42. The van der Waals surface area contributed by atoms with Crippen LogP contribution in [-0.2, 0) is 22.5 Å². The molecule has 2 aromatic rings. The number of morpholine rings is 1. The third-order valence-corrected chi connectivity index (χ3v) is 7.84. The van der Waals surface area contributed by atoms with E-state index in [4.69, 9.17) is 19.4 Å². The van der Waals surface area contributed by atoms with Gasteiger partial charge in [-0.2, -0.15) is 0 Å². The van der Waals surface area contributed by atoms with Crippen molar-refractivity contribution in [2.24, 2.45) is 0 Å². The minimum Gasteiger partial charge on any atom is -0.370 e. The highest BCUT2D eigenvalue weighted by molar-refractivity contribution is 7.99. The number of ether oxygens (including phenoxy) is 2. The number of aromatic nitrogens is 2. The van der Waals surface area contributed by atoms with Gasteiger partial charge >= 0.3 is 0 Å². The second kappa shape index (κ2) is 9.06. The minimum atomic E-state index is -0.0957. The summed E-state index contributed by atoms with van der Waals surface area (Å²) in [5.74, 6) is 1.00. The van der Waals surface area contributed by atoms with Crippen molar-refractivity contribution in [3.63, 3.8) is 0 Å². The summed E-state index contributed by atoms with van der Waals surface area (Å²) in [6.45, 7) is 15.4. The van der Waals surface area contributed by atoms with Gasteiger partial charge in [-0.05, 0) is 18.9 Å². The van der Waals surface area contributed by atoms with E-state index < -0.39 is 0 Å². The van der Waals surface area contributed by atoms with Crippen LogP contribution in [0.3, 0.4) is 0 Å². The number of thiophene rings is 1. The smallest absolute Gasteiger partial charge is 0.191 e. The molecule has 0 unspecified atom stereocenters. The Morgan fingerprint density at radius 3 is 2.79 bits per heavy atom. The molecule has 1 atom stereocenters. The van der Waals surface area contributed by atoms with E-state index in [-0.39, 0.29) is 5.60 Å².